The van der Waals surface area contributed by atoms with Crippen molar-refractivity contribution in [3.8, 4) is 0 Å². The first-order chi connectivity index (χ1) is 22.9. The summed E-state index contributed by atoms with van der Waals surface area (Å²) in [7, 11) is 1.17. The Labute approximate surface area is 285 Å². The van der Waals surface area contributed by atoms with Crippen LogP contribution in [0.3, 0.4) is 0 Å². The fraction of sp³-hybridized carbons (Fsp3) is 0.472. The molecule has 0 amide bonds. The van der Waals surface area contributed by atoms with E-state index >= 15 is 0 Å². The molecular weight excluding hydrogens is 635 g/mol. The quantitative estimate of drug-likeness (QED) is 0.159. The van der Waals surface area contributed by atoms with Gasteiger partial charge in [-0.25, -0.2) is 14.0 Å². The van der Waals surface area contributed by atoms with Gasteiger partial charge in [-0.15, -0.1) is 10.3 Å². The number of nitro benzene ring substituents is 1. The van der Waals surface area contributed by atoms with E-state index in [1.54, 1.807) is 32.0 Å². The number of ether oxygens (including phenoxy) is 1. The number of nitrogens with one attached hydrogen (secondary N) is 1. The van der Waals surface area contributed by atoms with Gasteiger partial charge in [0.25, 0.3) is 5.69 Å². The zero-order chi connectivity index (χ0) is 36.4. The predicted octanol–water partition coefficient (Wildman–Crippen LogP) is 5.78. The number of carbonyl (C=O) groups excluding carboxylic acids is 2. The maximum Gasteiger partial charge on any atom is 0.336 e. The van der Waals surface area contributed by atoms with Crippen molar-refractivity contribution in [2.24, 2.45) is 5.92 Å². The molecular formula is C36H44FN4O8. The number of likely N-dealkylation sites (tertiary alicyclic amines) is 1. The monoisotopic (exact) mass is 679 g/mol. The summed E-state index contributed by atoms with van der Waals surface area (Å²) in [5, 5.41) is 37.6. The molecule has 0 saturated carbocycles. The van der Waals surface area contributed by atoms with Gasteiger partial charge >= 0.3 is 11.9 Å². The van der Waals surface area contributed by atoms with E-state index in [1.807, 2.05) is 27.7 Å². The van der Waals surface area contributed by atoms with E-state index in [-0.39, 0.29) is 51.5 Å². The number of rotatable bonds is 7. The van der Waals surface area contributed by atoms with Crippen molar-refractivity contribution >= 4 is 23.4 Å². The Morgan fingerprint density at radius 3 is 2.06 bits per heavy atom. The van der Waals surface area contributed by atoms with Gasteiger partial charge in [-0.3, -0.25) is 19.8 Å². The molecule has 3 heterocycles. The maximum absolute atomic E-state index is 13.0. The summed E-state index contributed by atoms with van der Waals surface area (Å²) in [4.78, 5) is 49.7. The van der Waals surface area contributed by atoms with E-state index in [4.69, 9.17) is 4.74 Å². The van der Waals surface area contributed by atoms with Gasteiger partial charge in [0.1, 0.15) is 5.82 Å². The molecule has 3 aliphatic heterocycles. The van der Waals surface area contributed by atoms with Crippen molar-refractivity contribution in [1.29, 1.82) is 0 Å². The number of nitro groups is 1. The smallest absolute Gasteiger partial charge is 0.336 e. The number of Topliss-reactive ketones (excluding diaryl/α,β-unsaturated/α-hetero) is 1. The molecule has 5 rings (SSSR count). The van der Waals surface area contributed by atoms with Gasteiger partial charge < -0.3 is 15.2 Å². The molecule has 0 aromatic heterocycles. The van der Waals surface area contributed by atoms with E-state index in [1.165, 1.54) is 42.5 Å². The van der Waals surface area contributed by atoms with E-state index < -0.39 is 28.3 Å². The van der Waals surface area contributed by atoms with Crippen LogP contribution in [0.5, 0.6) is 0 Å². The summed E-state index contributed by atoms with van der Waals surface area (Å²) in [6, 6.07) is 11.8. The second kappa shape index (κ2) is 14.6. The predicted molar refractivity (Wildman–Crippen MR) is 178 cm³/mol. The number of hydrogen-bond acceptors (Lipinski definition) is 9. The Morgan fingerprint density at radius 1 is 0.980 bits per heavy atom. The highest BCUT2D eigenvalue weighted by Crippen LogP contribution is 2.44. The molecule has 2 aromatic rings. The molecule has 12 nitrogen and oxygen atoms in total. The summed E-state index contributed by atoms with van der Waals surface area (Å²) in [6.45, 7) is 12.9. The molecule has 2 atom stereocenters. The van der Waals surface area contributed by atoms with E-state index in [0.29, 0.717) is 17.0 Å². The molecule has 263 valence electrons. The minimum atomic E-state index is -1.27. The van der Waals surface area contributed by atoms with Crippen LogP contribution in [-0.4, -0.2) is 75.0 Å². The largest absolute Gasteiger partial charge is 0.478 e. The normalized spacial score (nSPS) is 22.6. The van der Waals surface area contributed by atoms with Crippen LogP contribution in [0.15, 0.2) is 71.1 Å². The Kier molecular flexibility index (Phi) is 11.1. The Morgan fingerprint density at radius 2 is 1.55 bits per heavy atom. The number of hydroxylamine groups is 2. The van der Waals surface area contributed by atoms with Gasteiger partial charge in [0.2, 0.25) is 0 Å². The number of allylic oxidation sites excluding steroid dienone is 2. The van der Waals surface area contributed by atoms with Crippen molar-refractivity contribution in [3.63, 3.8) is 0 Å². The third-order valence-electron chi connectivity index (χ3n) is 9.89. The number of methoxy groups -OCH3 is 1. The summed E-state index contributed by atoms with van der Waals surface area (Å²) >= 11 is 0. The lowest BCUT2D eigenvalue weighted by Crippen LogP contribution is -2.54. The molecule has 13 heteroatoms. The average Bonchev–Trinajstić information content (AvgIpc) is 3.22. The van der Waals surface area contributed by atoms with Crippen molar-refractivity contribution in [3.05, 3.63) is 98.1 Å². The highest BCUT2D eigenvalue weighted by molar-refractivity contribution is 5.99. The number of benzene rings is 2. The fourth-order valence-corrected chi connectivity index (χ4v) is 7.49. The lowest BCUT2D eigenvalue weighted by Gasteiger charge is -2.41. The Bertz CT molecular complexity index is 1680. The molecule has 2 aromatic carbocycles. The van der Waals surface area contributed by atoms with Crippen molar-refractivity contribution in [1.82, 2.24) is 15.3 Å². The molecule has 2 unspecified atom stereocenters. The number of aliphatic carboxylic acids is 1. The minimum absolute atomic E-state index is 0.0115. The van der Waals surface area contributed by atoms with E-state index in [0.717, 1.165) is 32.4 Å². The summed E-state index contributed by atoms with van der Waals surface area (Å²) in [5.41, 5.74) is 0.304. The highest BCUT2D eigenvalue weighted by atomic mass is 19.1. The number of hydrogen-bond donors (Lipinski definition) is 2. The van der Waals surface area contributed by atoms with E-state index in [2.05, 4.69) is 10.2 Å². The van der Waals surface area contributed by atoms with Crippen LogP contribution >= 0.6 is 0 Å². The van der Waals surface area contributed by atoms with Crippen molar-refractivity contribution in [2.45, 2.75) is 83.8 Å². The lowest BCUT2D eigenvalue weighted by molar-refractivity contribution is -0.385. The Hall–Kier alpha value is -4.46. The van der Waals surface area contributed by atoms with Gasteiger partial charge in [-0.1, -0.05) is 18.2 Å². The maximum atomic E-state index is 13.0. The number of nitrogens with zero attached hydrogens (tertiary/aromatic N) is 3. The molecule has 0 aliphatic carbocycles. The number of carboxylic acid groups (broad SMARTS) is 1. The van der Waals surface area contributed by atoms with Gasteiger partial charge in [0.15, 0.2) is 5.78 Å². The fourth-order valence-electron chi connectivity index (χ4n) is 7.49. The van der Waals surface area contributed by atoms with Crippen LogP contribution < -0.4 is 5.32 Å². The molecule has 1 radical (unpaired) electrons. The topological polar surface area (TPSA) is 162 Å². The molecule has 2 saturated heterocycles. The number of dihydropyridines is 1. The second-order valence-corrected chi connectivity index (χ2v) is 13.9. The first-order valence-electron chi connectivity index (χ1n) is 16.2. The number of carboxylic acids is 1. The van der Waals surface area contributed by atoms with Crippen molar-refractivity contribution < 1.29 is 38.7 Å². The zero-order valence-electron chi connectivity index (χ0n) is 28.9. The standard InChI is InChI=1S/C20H28FN2O2.C16H16N2O6/c1-19(2)13-17(20(3,4)23(19)25)22-11-9-15(10-12-22)18(24)14-5-7-16(21)8-6-14;1-8-12(15(19)20)14(13(9(2)17-8)16(21)24-3)10-6-4-5-7-11(10)18(22)23/h5-8,15,17H,9-13H2,1-4H3;4-7,14,17H,1-3H3,(H,19,20). The number of halogens is 1. The van der Waals surface area contributed by atoms with Gasteiger partial charge in [-0.05, 0) is 98.2 Å². The van der Waals surface area contributed by atoms with E-state index in [9.17, 15) is 39.2 Å². The lowest BCUT2D eigenvalue weighted by atomic mass is 9.80. The van der Waals surface area contributed by atoms with Gasteiger partial charge in [0, 0.05) is 46.1 Å². The number of esters is 1. The van der Waals surface area contributed by atoms with Gasteiger partial charge in [-0.2, -0.15) is 0 Å². The minimum Gasteiger partial charge on any atom is -0.478 e. The zero-order valence-corrected chi connectivity index (χ0v) is 28.9. The SMILES string of the molecule is CC1(C)CC(N2CCC(C(=O)c3ccc(F)cc3)CC2)C(C)(C)N1[O].COC(=O)C1=C(C)NC(C)=C(C(=O)O)C1c1ccccc1[N+](=O)[O-]. The van der Waals surface area contributed by atoms with Crippen molar-refractivity contribution in [2.75, 3.05) is 20.2 Å². The Balaban J connectivity index is 0.000000221. The van der Waals surface area contributed by atoms with Crippen LogP contribution in [0, 0.1) is 21.8 Å². The number of para-hydroxylation sites is 1. The number of piperidine rings is 1. The van der Waals surface area contributed by atoms with Crippen LogP contribution in [0.2, 0.25) is 0 Å². The third-order valence-corrected chi connectivity index (χ3v) is 9.89. The summed E-state index contributed by atoms with van der Waals surface area (Å²) < 4.78 is 17.8. The molecule has 2 fully saturated rings. The molecule has 3 aliphatic rings. The number of carbonyl (C=O) groups is 3. The van der Waals surface area contributed by atoms with Crippen LogP contribution in [0.25, 0.3) is 0 Å². The van der Waals surface area contributed by atoms with Crippen LogP contribution in [0.4, 0.5) is 10.1 Å². The summed E-state index contributed by atoms with van der Waals surface area (Å²) in [5.74, 6) is -3.33. The first-order valence-corrected chi connectivity index (χ1v) is 16.2. The molecule has 2 N–H and O–H groups in total. The average molecular weight is 680 g/mol. The molecule has 0 bridgehead atoms. The molecule has 0 spiro atoms. The second-order valence-electron chi connectivity index (χ2n) is 13.9. The van der Waals surface area contributed by atoms with Crippen LogP contribution in [-0.2, 0) is 19.5 Å². The first kappa shape index (κ1) is 37.4. The van der Waals surface area contributed by atoms with Gasteiger partial charge in [0.05, 0.1) is 34.6 Å². The summed E-state index contributed by atoms with van der Waals surface area (Å²) in [6.07, 6.45) is 2.43. The molecule has 49 heavy (non-hydrogen) atoms. The van der Waals surface area contributed by atoms with Crippen LogP contribution in [0.1, 0.15) is 82.6 Å². The highest BCUT2D eigenvalue weighted by Gasteiger charge is 2.54. The third kappa shape index (κ3) is 7.58. The number of ketones is 1.